The molecule has 1 aliphatic carbocycles. The predicted octanol–water partition coefficient (Wildman–Crippen LogP) is 2.71. The molecule has 1 amide bonds. The summed E-state index contributed by atoms with van der Waals surface area (Å²) in [7, 11) is 0. The van der Waals surface area contributed by atoms with Crippen LogP contribution in [0.25, 0.3) is 0 Å². The van der Waals surface area contributed by atoms with Crippen molar-refractivity contribution in [1.82, 2.24) is 4.90 Å². The molecule has 24 heavy (non-hydrogen) atoms. The molecule has 1 aromatic rings. The third kappa shape index (κ3) is 4.35. The number of ether oxygens (including phenoxy) is 1. The van der Waals surface area contributed by atoms with Gasteiger partial charge in [-0.15, -0.1) is 0 Å². The normalized spacial score (nSPS) is 22.2. The molecule has 2 aliphatic rings. The van der Waals surface area contributed by atoms with Crippen molar-refractivity contribution >= 4 is 11.6 Å². The van der Waals surface area contributed by atoms with Gasteiger partial charge in [-0.3, -0.25) is 9.69 Å². The molecule has 0 spiro atoms. The minimum atomic E-state index is -0.797. The number of nitrogens with zero attached hydrogens (tertiary/aromatic N) is 1. The Morgan fingerprint density at radius 3 is 2.50 bits per heavy atom. The molecule has 132 valence electrons. The van der Waals surface area contributed by atoms with Crippen LogP contribution in [0.3, 0.4) is 0 Å². The fourth-order valence-corrected chi connectivity index (χ4v) is 3.73. The van der Waals surface area contributed by atoms with Crippen LogP contribution in [-0.4, -0.2) is 47.8 Å². The monoisotopic (exact) mass is 332 g/mol. The Bertz CT molecular complexity index is 546. The van der Waals surface area contributed by atoms with Gasteiger partial charge in [-0.1, -0.05) is 25.0 Å². The van der Waals surface area contributed by atoms with Crippen molar-refractivity contribution in [2.45, 2.75) is 50.7 Å². The summed E-state index contributed by atoms with van der Waals surface area (Å²) >= 11 is 0. The Kier molecular flexibility index (Phi) is 5.54. The predicted molar refractivity (Wildman–Crippen MR) is 93.9 cm³/mol. The second kappa shape index (κ2) is 7.64. The summed E-state index contributed by atoms with van der Waals surface area (Å²) < 4.78 is 5.40. The molecule has 5 heteroatoms. The Balaban J connectivity index is 1.54. The SMILES string of the molecule is CC(c1ccc(NC(=O)CC2(O)CCCC2)cc1)N1CCOCC1. The number of carbonyl (C=O) groups is 1. The van der Waals surface area contributed by atoms with E-state index in [0.717, 1.165) is 57.7 Å². The Morgan fingerprint density at radius 2 is 1.88 bits per heavy atom. The molecule has 1 heterocycles. The maximum atomic E-state index is 12.1. The van der Waals surface area contributed by atoms with E-state index in [1.165, 1.54) is 5.56 Å². The summed E-state index contributed by atoms with van der Waals surface area (Å²) in [6.45, 7) is 5.70. The third-order valence-corrected chi connectivity index (χ3v) is 5.29. The minimum absolute atomic E-state index is 0.103. The molecule has 1 aromatic carbocycles. The van der Waals surface area contributed by atoms with Gasteiger partial charge in [0.25, 0.3) is 0 Å². The van der Waals surface area contributed by atoms with Crippen LogP contribution in [0.5, 0.6) is 0 Å². The number of aliphatic hydroxyl groups is 1. The van der Waals surface area contributed by atoms with E-state index in [1.807, 2.05) is 12.1 Å². The summed E-state index contributed by atoms with van der Waals surface area (Å²) in [5.41, 5.74) is 1.23. The van der Waals surface area contributed by atoms with E-state index < -0.39 is 5.60 Å². The zero-order valence-corrected chi connectivity index (χ0v) is 14.5. The van der Waals surface area contributed by atoms with E-state index >= 15 is 0 Å². The molecule has 2 N–H and O–H groups in total. The number of rotatable bonds is 5. The fourth-order valence-electron chi connectivity index (χ4n) is 3.73. The zero-order chi connectivity index (χ0) is 17.0. The number of hydrogen-bond acceptors (Lipinski definition) is 4. The number of anilines is 1. The van der Waals surface area contributed by atoms with Gasteiger partial charge in [-0.25, -0.2) is 0 Å². The molecule has 1 aliphatic heterocycles. The molecule has 1 unspecified atom stereocenters. The highest BCUT2D eigenvalue weighted by Gasteiger charge is 2.33. The lowest BCUT2D eigenvalue weighted by Gasteiger charge is -2.32. The lowest BCUT2D eigenvalue weighted by atomic mass is 9.97. The second-order valence-electron chi connectivity index (χ2n) is 7.10. The fraction of sp³-hybridized carbons (Fsp3) is 0.632. The summed E-state index contributed by atoms with van der Waals surface area (Å²) in [5.74, 6) is -0.103. The largest absolute Gasteiger partial charge is 0.389 e. The third-order valence-electron chi connectivity index (χ3n) is 5.29. The van der Waals surface area contributed by atoms with Gasteiger partial charge in [-0.05, 0) is 37.5 Å². The van der Waals surface area contributed by atoms with Crippen LogP contribution >= 0.6 is 0 Å². The molecule has 2 fully saturated rings. The van der Waals surface area contributed by atoms with E-state index in [2.05, 4.69) is 29.3 Å². The number of carbonyl (C=O) groups excluding carboxylic acids is 1. The van der Waals surface area contributed by atoms with Gasteiger partial charge >= 0.3 is 0 Å². The maximum Gasteiger partial charge on any atom is 0.227 e. The molecule has 3 rings (SSSR count). The van der Waals surface area contributed by atoms with Crippen LogP contribution in [0.4, 0.5) is 5.69 Å². The van der Waals surface area contributed by atoms with E-state index in [-0.39, 0.29) is 12.3 Å². The molecular weight excluding hydrogens is 304 g/mol. The second-order valence-corrected chi connectivity index (χ2v) is 7.10. The van der Waals surface area contributed by atoms with Crippen molar-refractivity contribution in [1.29, 1.82) is 0 Å². The van der Waals surface area contributed by atoms with Gasteiger partial charge in [0.2, 0.25) is 5.91 Å². The van der Waals surface area contributed by atoms with Crippen molar-refractivity contribution in [2.24, 2.45) is 0 Å². The number of hydrogen-bond donors (Lipinski definition) is 2. The van der Waals surface area contributed by atoms with E-state index in [9.17, 15) is 9.90 Å². The average molecular weight is 332 g/mol. The molecule has 1 atom stereocenters. The molecule has 5 nitrogen and oxygen atoms in total. The number of amides is 1. The highest BCUT2D eigenvalue weighted by atomic mass is 16.5. The minimum Gasteiger partial charge on any atom is -0.389 e. The topological polar surface area (TPSA) is 61.8 Å². The Labute approximate surface area is 144 Å². The average Bonchev–Trinajstić information content (AvgIpc) is 3.01. The lowest BCUT2D eigenvalue weighted by Crippen LogP contribution is -2.38. The van der Waals surface area contributed by atoms with Gasteiger partial charge in [0.05, 0.1) is 25.2 Å². The first kappa shape index (κ1) is 17.4. The van der Waals surface area contributed by atoms with Crippen LogP contribution in [0.2, 0.25) is 0 Å². The lowest BCUT2D eigenvalue weighted by molar-refractivity contribution is -0.120. The van der Waals surface area contributed by atoms with E-state index in [4.69, 9.17) is 4.74 Å². The first-order chi connectivity index (χ1) is 11.6. The zero-order valence-electron chi connectivity index (χ0n) is 14.5. The van der Waals surface area contributed by atoms with Crippen LogP contribution in [0.15, 0.2) is 24.3 Å². The number of benzene rings is 1. The summed E-state index contributed by atoms with van der Waals surface area (Å²) in [6, 6.07) is 8.38. The number of nitrogens with one attached hydrogen (secondary N) is 1. The van der Waals surface area contributed by atoms with Gasteiger partial charge in [0.15, 0.2) is 0 Å². The van der Waals surface area contributed by atoms with Gasteiger partial charge in [0, 0.05) is 24.8 Å². The first-order valence-corrected chi connectivity index (χ1v) is 9.00. The van der Waals surface area contributed by atoms with Gasteiger partial charge in [0.1, 0.15) is 0 Å². The van der Waals surface area contributed by atoms with Crippen molar-refractivity contribution in [3.05, 3.63) is 29.8 Å². The summed E-state index contributed by atoms with van der Waals surface area (Å²) in [4.78, 5) is 14.6. The molecule has 0 aromatic heterocycles. The van der Waals surface area contributed by atoms with Crippen molar-refractivity contribution in [3.63, 3.8) is 0 Å². The van der Waals surface area contributed by atoms with Crippen LogP contribution in [0, 0.1) is 0 Å². The number of morpholine rings is 1. The molecular formula is C19H28N2O3. The summed E-state index contributed by atoms with van der Waals surface area (Å²) in [6.07, 6.45) is 3.68. The summed E-state index contributed by atoms with van der Waals surface area (Å²) in [5, 5.41) is 13.2. The molecule has 1 saturated carbocycles. The van der Waals surface area contributed by atoms with Crippen molar-refractivity contribution in [2.75, 3.05) is 31.6 Å². The van der Waals surface area contributed by atoms with E-state index in [1.54, 1.807) is 0 Å². The van der Waals surface area contributed by atoms with Crippen LogP contribution < -0.4 is 5.32 Å². The standard InChI is InChI=1S/C19H28N2O3/c1-15(21-10-12-24-13-11-21)16-4-6-17(7-5-16)20-18(22)14-19(23)8-2-3-9-19/h4-7,15,23H,2-3,8-14H2,1H3,(H,20,22). The highest BCUT2D eigenvalue weighted by molar-refractivity contribution is 5.91. The van der Waals surface area contributed by atoms with E-state index in [0.29, 0.717) is 6.04 Å². The van der Waals surface area contributed by atoms with Gasteiger partial charge in [-0.2, -0.15) is 0 Å². The molecule has 0 bridgehead atoms. The smallest absolute Gasteiger partial charge is 0.227 e. The van der Waals surface area contributed by atoms with Crippen molar-refractivity contribution in [3.8, 4) is 0 Å². The Morgan fingerprint density at radius 1 is 1.25 bits per heavy atom. The van der Waals surface area contributed by atoms with Crippen LogP contribution in [-0.2, 0) is 9.53 Å². The molecule has 1 saturated heterocycles. The Hall–Kier alpha value is -1.43. The first-order valence-electron chi connectivity index (χ1n) is 9.00. The molecule has 0 radical (unpaired) electrons. The highest BCUT2D eigenvalue weighted by Crippen LogP contribution is 2.32. The maximum absolute atomic E-state index is 12.1. The van der Waals surface area contributed by atoms with Crippen LogP contribution in [0.1, 0.15) is 50.6 Å². The quantitative estimate of drug-likeness (QED) is 0.870. The van der Waals surface area contributed by atoms with Crippen molar-refractivity contribution < 1.29 is 14.6 Å². The van der Waals surface area contributed by atoms with Gasteiger partial charge < -0.3 is 15.2 Å².